The summed E-state index contributed by atoms with van der Waals surface area (Å²) in [5.41, 5.74) is -0.0342. The van der Waals surface area contributed by atoms with E-state index in [2.05, 4.69) is 4.90 Å². The minimum absolute atomic E-state index is 0.257. The molecule has 1 saturated heterocycles. The molecule has 2 aromatic rings. The largest absolute Gasteiger partial charge is 0.494 e. The third kappa shape index (κ3) is 6.01. The van der Waals surface area contributed by atoms with Crippen molar-refractivity contribution in [2.45, 2.75) is 13.3 Å². The molecule has 166 valence electrons. The Balaban J connectivity index is 1.41. The first-order valence-electron chi connectivity index (χ1n) is 10.3. The highest BCUT2D eigenvalue weighted by Crippen LogP contribution is 2.19. The molecule has 0 radical (unpaired) electrons. The fourth-order valence-corrected chi connectivity index (χ4v) is 3.38. The van der Waals surface area contributed by atoms with Gasteiger partial charge in [-0.3, -0.25) is 9.69 Å². The summed E-state index contributed by atoms with van der Waals surface area (Å²) in [6.07, 6.45) is 0.557. The second kappa shape index (κ2) is 10.9. The first kappa shape index (κ1) is 22.7. The average Bonchev–Trinajstić information content (AvgIpc) is 2.79. The molecule has 1 heterocycles. The van der Waals surface area contributed by atoms with Crippen molar-refractivity contribution >= 4 is 11.9 Å². The van der Waals surface area contributed by atoms with Crippen LogP contribution in [0.2, 0.25) is 0 Å². The number of hydrogen-bond acceptors (Lipinski definition) is 5. The van der Waals surface area contributed by atoms with Crippen molar-refractivity contribution in [2.75, 3.05) is 45.9 Å². The lowest BCUT2D eigenvalue weighted by Crippen LogP contribution is -2.49. The SMILES string of the molecule is CCOC(=O)N1CCN(CCCOc2ccc(C(=O)c3cccc(F)c3F)cc2)CC1. The standard InChI is InChI=1S/C23H26F2N2O4/c1-2-30-23(29)27-14-12-26(13-15-27)11-4-16-31-18-9-7-17(8-10-18)22(28)19-5-3-6-20(24)21(19)25/h3,5-10H,2,4,11-16H2,1H3. The van der Waals surface area contributed by atoms with Crippen LogP contribution in [0, 0.1) is 11.6 Å². The van der Waals surface area contributed by atoms with Gasteiger partial charge in [-0.05, 0) is 49.7 Å². The molecule has 2 aromatic carbocycles. The zero-order chi connectivity index (χ0) is 22.2. The Morgan fingerprint density at radius 3 is 2.39 bits per heavy atom. The van der Waals surface area contributed by atoms with Crippen molar-refractivity contribution in [3.05, 3.63) is 65.2 Å². The molecule has 3 rings (SSSR count). The maximum absolute atomic E-state index is 13.8. The number of rotatable bonds is 8. The van der Waals surface area contributed by atoms with Crippen LogP contribution >= 0.6 is 0 Å². The summed E-state index contributed by atoms with van der Waals surface area (Å²) in [7, 11) is 0. The molecule has 31 heavy (non-hydrogen) atoms. The lowest BCUT2D eigenvalue weighted by Gasteiger charge is -2.33. The minimum atomic E-state index is -1.14. The molecule has 0 aromatic heterocycles. The van der Waals surface area contributed by atoms with Gasteiger partial charge in [0, 0.05) is 38.3 Å². The number of piperazine rings is 1. The highest BCUT2D eigenvalue weighted by Gasteiger charge is 2.21. The zero-order valence-electron chi connectivity index (χ0n) is 17.5. The molecule has 8 heteroatoms. The second-order valence-electron chi connectivity index (χ2n) is 7.18. The lowest BCUT2D eigenvalue weighted by molar-refractivity contribution is 0.0781. The summed E-state index contributed by atoms with van der Waals surface area (Å²) < 4.78 is 37.9. The van der Waals surface area contributed by atoms with E-state index >= 15 is 0 Å². The van der Waals surface area contributed by atoms with Crippen LogP contribution in [0.1, 0.15) is 29.3 Å². The molecule has 0 N–H and O–H groups in total. The number of hydrogen-bond donors (Lipinski definition) is 0. The first-order valence-corrected chi connectivity index (χ1v) is 10.3. The summed E-state index contributed by atoms with van der Waals surface area (Å²) >= 11 is 0. The molecule has 0 spiro atoms. The van der Waals surface area contributed by atoms with Crippen molar-refractivity contribution in [1.82, 2.24) is 9.80 Å². The molecule has 1 aliphatic rings. The smallest absolute Gasteiger partial charge is 0.409 e. The van der Waals surface area contributed by atoms with Crippen LogP contribution in [0.4, 0.5) is 13.6 Å². The van der Waals surface area contributed by atoms with Crippen LogP contribution in [-0.2, 0) is 4.74 Å². The van der Waals surface area contributed by atoms with Crippen molar-refractivity contribution in [2.24, 2.45) is 0 Å². The number of nitrogens with zero attached hydrogens (tertiary/aromatic N) is 2. The number of benzene rings is 2. The summed E-state index contributed by atoms with van der Waals surface area (Å²) in [5.74, 6) is -2.17. The Bertz CT molecular complexity index is 897. The van der Waals surface area contributed by atoms with E-state index in [4.69, 9.17) is 9.47 Å². The summed E-state index contributed by atoms with van der Waals surface area (Å²) in [4.78, 5) is 28.1. The number of amides is 1. The monoisotopic (exact) mass is 432 g/mol. The van der Waals surface area contributed by atoms with E-state index in [-0.39, 0.29) is 17.2 Å². The topological polar surface area (TPSA) is 59.1 Å². The highest BCUT2D eigenvalue weighted by molar-refractivity contribution is 6.09. The van der Waals surface area contributed by atoms with Gasteiger partial charge in [0.2, 0.25) is 0 Å². The fourth-order valence-electron chi connectivity index (χ4n) is 3.38. The van der Waals surface area contributed by atoms with E-state index in [9.17, 15) is 18.4 Å². The maximum atomic E-state index is 13.8. The minimum Gasteiger partial charge on any atom is -0.494 e. The van der Waals surface area contributed by atoms with Gasteiger partial charge >= 0.3 is 6.09 Å². The van der Waals surface area contributed by atoms with Crippen LogP contribution in [-0.4, -0.2) is 67.6 Å². The first-order chi connectivity index (χ1) is 15.0. The van der Waals surface area contributed by atoms with Gasteiger partial charge in [-0.1, -0.05) is 6.07 Å². The Kier molecular flexibility index (Phi) is 7.94. The highest BCUT2D eigenvalue weighted by atomic mass is 19.2. The van der Waals surface area contributed by atoms with Gasteiger partial charge in [-0.2, -0.15) is 0 Å². The second-order valence-corrected chi connectivity index (χ2v) is 7.18. The van der Waals surface area contributed by atoms with Crippen LogP contribution in [0.15, 0.2) is 42.5 Å². The van der Waals surface area contributed by atoms with Crippen LogP contribution in [0.3, 0.4) is 0 Å². The predicted molar refractivity (Wildman–Crippen MR) is 111 cm³/mol. The molecule has 0 atom stereocenters. The molecule has 1 aliphatic heterocycles. The molecular formula is C23H26F2N2O4. The zero-order valence-corrected chi connectivity index (χ0v) is 17.5. The average molecular weight is 432 g/mol. The maximum Gasteiger partial charge on any atom is 0.409 e. The molecule has 1 fully saturated rings. The van der Waals surface area contributed by atoms with Crippen LogP contribution in [0.5, 0.6) is 5.75 Å². The predicted octanol–water partition coefficient (Wildman–Crippen LogP) is 3.74. The molecule has 0 saturated carbocycles. The molecule has 6 nitrogen and oxygen atoms in total. The van der Waals surface area contributed by atoms with Crippen molar-refractivity contribution in [3.63, 3.8) is 0 Å². The third-order valence-electron chi connectivity index (χ3n) is 5.10. The Morgan fingerprint density at radius 2 is 1.71 bits per heavy atom. The van der Waals surface area contributed by atoms with Crippen LogP contribution < -0.4 is 4.74 Å². The van der Waals surface area contributed by atoms with Gasteiger partial charge in [0.25, 0.3) is 0 Å². The van der Waals surface area contributed by atoms with Gasteiger partial charge in [-0.15, -0.1) is 0 Å². The summed E-state index contributed by atoms with van der Waals surface area (Å²) in [5, 5.41) is 0. The Hall–Kier alpha value is -3.00. The molecule has 0 unspecified atom stereocenters. The number of carbonyl (C=O) groups is 2. The molecule has 0 aliphatic carbocycles. The third-order valence-corrected chi connectivity index (χ3v) is 5.10. The number of halogens is 2. The van der Waals surface area contributed by atoms with E-state index < -0.39 is 17.4 Å². The van der Waals surface area contributed by atoms with E-state index in [1.165, 1.54) is 24.3 Å². The van der Waals surface area contributed by atoms with Gasteiger partial charge in [0.1, 0.15) is 5.75 Å². The number of ketones is 1. The van der Waals surface area contributed by atoms with Gasteiger partial charge < -0.3 is 14.4 Å². The number of carbonyl (C=O) groups excluding carboxylic acids is 2. The van der Waals surface area contributed by atoms with Crippen molar-refractivity contribution in [1.29, 1.82) is 0 Å². The van der Waals surface area contributed by atoms with E-state index in [0.29, 0.717) is 32.1 Å². The van der Waals surface area contributed by atoms with Gasteiger partial charge in [0.05, 0.1) is 18.8 Å². The van der Waals surface area contributed by atoms with Gasteiger partial charge in [0.15, 0.2) is 17.4 Å². The van der Waals surface area contributed by atoms with Crippen LogP contribution in [0.25, 0.3) is 0 Å². The van der Waals surface area contributed by atoms with E-state index in [1.54, 1.807) is 24.0 Å². The lowest BCUT2D eigenvalue weighted by atomic mass is 10.0. The van der Waals surface area contributed by atoms with Crippen molar-refractivity contribution in [3.8, 4) is 5.75 Å². The van der Waals surface area contributed by atoms with Crippen molar-refractivity contribution < 1.29 is 27.8 Å². The fraction of sp³-hybridized carbons (Fsp3) is 0.391. The Labute approximate surface area is 180 Å². The van der Waals surface area contributed by atoms with E-state index in [1.807, 2.05) is 0 Å². The summed E-state index contributed by atoms with van der Waals surface area (Å²) in [6, 6.07) is 9.90. The molecule has 0 bridgehead atoms. The summed E-state index contributed by atoms with van der Waals surface area (Å²) in [6.45, 7) is 6.44. The quantitative estimate of drug-likeness (QED) is 0.470. The normalized spacial score (nSPS) is 14.4. The molecule has 1 amide bonds. The van der Waals surface area contributed by atoms with Gasteiger partial charge in [-0.25, -0.2) is 13.6 Å². The molecular weight excluding hydrogens is 406 g/mol. The number of ether oxygens (including phenoxy) is 2. The Morgan fingerprint density at radius 1 is 1.00 bits per heavy atom. The van der Waals surface area contributed by atoms with E-state index in [0.717, 1.165) is 32.1 Å².